The first-order chi connectivity index (χ1) is 24.2. The van der Waals surface area contributed by atoms with Gasteiger partial charge in [-0.25, -0.2) is 9.97 Å². The second-order valence-electron chi connectivity index (χ2n) is 12.6. The van der Waals surface area contributed by atoms with Gasteiger partial charge in [-0.15, -0.1) is 0 Å². The summed E-state index contributed by atoms with van der Waals surface area (Å²) in [5, 5.41) is 8.57. The summed E-state index contributed by atoms with van der Waals surface area (Å²) in [5.41, 5.74) is 10.8. The first-order valence-electron chi connectivity index (χ1n) is 16.7. The number of aromatic nitrogens is 4. The Bertz CT molecular complexity index is 3010. The van der Waals surface area contributed by atoms with E-state index in [4.69, 9.17) is 9.97 Å². The van der Waals surface area contributed by atoms with Crippen molar-refractivity contribution >= 4 is 76.4 Å². The number of hydrogen-bond donors (Lipinski definition) is 0. The van der Waals surface area contributed by atoms with E-state index in [9.17, 15) is 0 Å². The summed E-state index contributed by atoms with van der Waals surface area (Å²) in [4.78, 5) is 10.2. The maximum Gasteiger partial charge on any atom is 0.160 e. The van der Waals surface area contributed by atoms with Crippen molar-refractivity contribution in [3.63, 3.8) is 0 Å². The highest BCUT2D eigenvalue weighted by molar-refractivity contribution is 6.33. The maximum absolute atomic E-state index is 5.17. The minimum atomic E-state index is 0.657. The van der Waals surface area contributed by atoms with Crippen molar-refractivity contribution in [3.05, 3.63) is 164 Å². The molecule has 0 aliphatic rings. The first-order valence-corrected chi connectivity index (χ1v) is 16.7. The molecular formula is C45H30N4. The normalized spacial score (nSPS) is 12.7. The molecule has 230 valence electrons. The zero-order chi connectivity index (χ0) is 32.6. The van der Waals surface area contributed by atoms with Crippen LogP contribution < -0.4 is 0 Å². The van der Waals surface area contributed by atoms with Gasteiger partial charge in [0, 0.05) is 49.1 Å². The summed E-state index contributed by atoms with van der Waals surface area (Å²) in [7, 11) is 0. The van der Waals surface area contributed by atoms with E-state index < -0.39 is 0 Å². The van der Waals surface area contributed by atoms with Crippen LogP contribution in [0.4, 0.5) is 0 Å². The van der Waals surface area contributed by atoms with E-state index in [1.165, 1.54) is 59.9 Å². The molecule has 49 heavy (non-hydrogen) atoms. The van der Waals surface area contributed by atoms with Crippen molar-refractivity contribution in [3.8, 4) is 16.9 Å². The average Bonchev–Trinajstić information content (AvgIpc) is 3.63. The van der Waals surface area contributed by atoms with Gasteiger partial charge in [0.15, 0.2) is 5.82 Å². The highest BCUT2D eigenvalue weighted by atomic mass is 15.0. The lowest BCUT2D eigenvalue weighted by atomic mass is 10.0. The molecule has 4 heterocycles. The molecule has 10 rings (SSSR count). The Morgan fingerprint density at radius 1 is 0.612 bits per heavy atom. The van der Waals surface area contributed by atoms with E-state index in [1.54, 1.807) is 0 Å². The molecule has 0 saturated heterocycles. The van der Waals surface area contributed by atoms with Gasteiger partial charge in [-0.05, 0) is 54.8 Å². The van der Waals surface area contributed by atoms with Crippen molar-refractivity contribution in [2.75, 3.05) is 0 Å². The predicted molar refractivity (Wildman–Crippen MR) is 207 cm³/mol. The van der Waals surface area contributed by atoms with E-state index in [1.807, 2.05) is 37.3 Å². The van der Waals surface area contributed by atoms with Crippen LogP contribution in [0.25, 0.3) is 93.3 Å². The summed E-state index contributed by atoms with van der Waals surface area (Å²) >= 11 is 0. The number of hydrogen-bond acceptors (Lipinski definition) is 2. The van der Waals surface area contributed by atoms with Crippen molar-refractivity contribution < 1.29 is 0 Å². The molecule has 0 fully saturated rings. The molecule has 0 atom stereocenters. The number of allylic oxidation sites excluding steroid dienone is 5. The Labute approximate surface area is 282 Å². The number of nitrogens with zero attached hydrogens (tertiary/aromatic N) is 4. The quantitative estimate of drug-likeness (QED) is 0.178. The third-order valence-electron chi connectivity index (χ3n) is 9.96. The maximum atomic E-state index is 5.17. The third kappa shape index (κ3) is 3.86. The zero-order valence-corrected chi connectivity index (χ0v) is 26.9. The van der Waals surface area contributed by atoms with Gasteiger partial charge in [0.05, 0.1) is 38.8 Å². The van der Waals surface area contributed by atoms with E-state index in [2.05, 4.69) is 137 Å². The fourth-order valence-electron chi connectivity index (χ4n) is 7.88. The highest BCUT2D eigenvalue weighted by Crippen LogP contribution is 2.45. The van der Waals surface area contributed by atoms with Gasteiger partial charge in [0.25, 0.3) is 0 Å². The lowest BCUT2D eigenvalue weighted by molar-refractivity contribution is 1.16. The average molecular weight is 627 g/mol. The Balaban J connectivity index is 1.35. The zero-order valence-electron chi connectivity index (χ0n) is 26.9. The van der Waals surface area contributed by atoms with E-state index in [0.717, 1.165) is 33.4 Å². The van der Waals surface area contributed by atoms with Crippen LogP contribution in [0.1, 0.15) is 12.7 Å². The Morgan fingerprint density at radius 3 is 2.08 bits per heavy atom. The van der Waals surface area contributed by atoms with Crippen LogP contribution in [0.5, 0.6) is 0 Å². The van der Waals surface area contributed by atoms with Gasteiger partial charge < -0.3 is 8.97 Å². The molecule has 0 amide bonds. The Hall–Kier alpha value is -6.52. The van der Waals surface area contributed by atoms with Gasteiger partial charge in [0.1, 0.15) is 0 Å². The van der Waals surface area contributed by atoms with Crippen LogP contribution in [0.2, 0.25) is 0 Å². The molecule has 0 bridgehead atoms. The second kappa shape index (κ2) is 10.5. The highest BCUT2D eigenvalue weighted by Gasteiger charge is 2.23. The largest absolute Gasteiger partial charge is 0.309 e. The number of rotatable bonds is 5. The van der Waals surface area contributed by atoms with Crippen LogP contribution in [-0.2, 0) is 0 Å². The Morgan fingerprint density at radius 2 is 1.31 bits per heavy atom. The van der Waals surface area contributed by atoms with E-state index >= 15 is 0 Å². The summed E-state index contributed by atoms with van der Waals surface area (Å²) < 4.78 is 4.90. The monoisotopic (exact) mass is 626 g/mol. The standard InChI is InChI=1S/C45H30N4/c1-3-5-14-28(4-2)45-46-36-25-23-30(27-35(36)43(47-45)29-15-7-6-8-16-29)48-39-22-13-19-33-31-17-9-11-20-37(31)49-38-21-12-10-18-32(38)34-24-26-40(48)42(41(33)39)44(34)49/h3-27H,2H2,1H3/b5-3-,28-14+. The van der Waals surface area contributed by atoms with Crippen molar-refractivity contribution in [1.29, 1.82) is 0 Å². The van der Waals surface area contributed by atoms with Crippen LogP contribution in [0.15, 0.2) is 158 Å². The van der Waals surface area contributed by atoms with E-state index in [-0.39, 0.29) is 0 Å². The van der Waals surface area contributed by atoms with Gasteiger partial charge in [-0.1, -0.05) is 116 Å². The molecule has 0 aliphatic carbocycles. The number of para-hydroxylation sites is 2. The van der Waals surface area contributed by atoms with Crippen LogP contribution in [0.3, 0.4) is 0 Å². The minimum Gasteiger partial charge on any atom is -0.309 e. The molecule has 6 aromatic carbocycles. The summed E-state index contributed by atoms with van der Waals surface area (Å²) in [6, 6.07) is 45.9. The predicted octanol–water partition coefficient (Wildman–Crippen LogP) is 11.7. The fraction of sp³-hybridized carbons (Fsp3) is 0.0222. The molecule has 0 aliphatic heterocycles. The second-order valence-corrected chi connectivity index (χ2v) is 12.6. The van der Waals surface area contributed by atoms with Gasteiger partial charge in [-0.3, -0.25) is 0 Å². The molecule has 10 aromatic rings. The fourth-order valence-corrected chi connectivity index (χ4v) is 7.88. The van der Waals surface area contributed by atoms with Gasteiger partial charge in [-0.2, -0.15) is 0 Å². The van der Waals surface area contributed by atoms with Crippen molar-refractivity contribution in [1.82, 2.24) is 18.9 Å². The SMILES string of the molecule is C=C/C(=C\C=C/C)c1nc(-c2ccccc2)c2cc(-n3c4cccc5c6ccccc6n6c7ccccc7c7ccc3c(c54)c76)ccc2n1. The third-order valence-corrected chi connectivity index (χ3v) is 9.96. The van der Waals surface area contributed by atoms with E-state index in [0.29, 0.717) is 5.82 Å². The van der Waals surface area contributed by atoms with Gasteiger partial charge in [0.2, 0.25) is 0 Å². The smallest absolute Gasteiger partial charge is 0.160 e. The number of benzene rings is 6. The molecule has 0 unspecified atom stereocenters. The molecule has 4 aromatic heterocycles. The summed E-state index contributed by atoms with van der Waals surface area (Å²) in [6.07, 6.45) is 7.82. The Kier molecular flexibility index (Phi) is 5.91. The van der Waals surface area contributed by atoms with Crippen LogP contribution in [0, 0.1) is 0 Å². The topological polar surface area (TPSA) is 35.1 Å². The molecule has 0 radical (unpaired) electrons. The molecule has 0 saturated carbocycles. The van der Waals surface area contributed by atoms with Crippen LogP contribution >= 0.6 is 0 Å². The minimum absolute atomic E-state index is 0.657. The van der Waals surface area contributed by atoms with Crippen molar-refractivity contribution in [2.24, 2.45) is 0 Å². The summed E-state index contributed by atoms with van der Waals surface area (Å²) in [6.45, 7) is 6.06. The molecule has 0 spiro atoms. The molecular weight excluding hydrogens is 597 g/mol. The molecule has 4 nitrogen and oxygen atoms in total. The number of fused-ring (bicyclic) bond motifs is 7. The summed E-state index contributed by atoms with van der Waals surface area (Å²) in [5.74, 6) is 0.657. The lowest BCUT2D eigenvalue weighted by Gasteiger charge is -2.13. The van der Waals surface area contributed by atoms with Crippen molar-refractivity contribution in [2.45, 2.75) is 6.92 Å². The first kappa shape index (κ1) is 27.6. The van der Waals surface area contributed by atoms with Gasteiger partial charge >= 0.3 is 0 Å². The van der Waals surface area contributed by atoms with Crippen LogP contribution in [-0.4, -0.2) is 18.9 Å². The molecule has 4 heteroatoms. The lowest BCUT2D eigenvalue weighted by Crippen LogP contribution is -2.00. The molecule has 0 N–H and O–H groups in total.